The maximum absolute atomic E-state index is 15.3. The summed E-state index contributed by atoms with van der Waals surface area (Å²) in [5, 5.41) is 4.01. The summed E-state index contributed by atoms with van der Waals surface area (Å²) in [6, 6.07) is 12.2. The molecular formula is C29H34FN5O5S. The van der Waals surface area contributed by atoms with Crippen LogP contribution in [0.25, 0.3) is 16.7 Å². The molecule has 1 aliphatic heterocycles. The van der Waals surface area contributed by atoms with Gasteiger partial charge in [0.25, 0.3) is 0 Å². The van der Waals surface area contributed by atoms with E-state index < -0.39 is 16.4 Å². The summed E-state index contributed by atoms with van der Waals surface area (Å²) in [6.45, 7) is 7.27. The number of aryl methyl sites for hydroxylation is 1. The molecule has 218 valence electrons. The number of ether oxygens (including phenoxy) is 2. The monoisotopic (exact) mass is 583 g/mol. The van der Waals surface area contributed by atoms with Crippen molar-refractivity contribution in [3.63, 3.8) is 0 Å². The van der Waals surface area contributed by atoms with Gasteiger partial charge in [-0.15, -0.1) is 0 Å². The van der Waals surface area contributed by atoms with Crippen LogP contribution in [-0.2, 0) is 11.2 Å². The average molecular weight is 584 g/mol. The highest BCUT2D eigenvalue weighted by Gasteiger charge is 2.26. The zero-order chi connectivity index (χ0) is 29.1. The van der Waals surface area contributed by atoms with E-state index in [-0.39, 0.29) is 42.5 Å². The van der Waals surface area contributed by atoms with Crippen LogP contribution in [0.15, 0.2) is 48.7 Å². The molecule has 12 heteroatoms. The number of aromatic nitrogens is 3. The standard InChI is InChI=1S/C29H34FN5O5S/c1-4-39-25-9-7-22(16-26(25)40-5-2)32-29-31-18-21-14-19(3)35(28(21)33-29)23-8-6-20(24(30)17-23)15-27(36)34-10-12-41(37,38)13-11-34/h6-9,14,16-18,37-38H,4-5,10-13,15H2,1-3H3,(H,31,32,33). The molecule has 4 aromatic rings. The van der Waals surface area contributed by atoms with E-state index in [1.807, 2.05) is 49.6 Å². The minimum atomic E-state index is -2.61. The first-order valence-corrected chi connectivity index (χ1v) is 15.4. The number of rotatable bonds is 9. The fraction of sp³-hybridized carbons (Fsp3) is 0.345. The lowest BCUT2D eigenvalue weighted by Crippen LogP contribution is -2.42. The van der Waals surface area contributed by atoms with Gasteiger partial charge in [-0.05, 0) is 56.7 Å². The van der Waals surface area contributed by atoms with Gasteiger partial charge < -0.3 is 19.7 Å². The number of benzene rings is 2. The van der Waals surface area contributed by atoms with E-state index in [9.17, 15) is 13.9 Å². The summed E-state index contributed by atoms with van der Waals surface area (Å²) in [5.74, 6) is 1.22. The summed E-state index contributed by atoms with van der Waals surface area (Å²) in [6.07, 6.45) is 1.61. The van der Waals surface area contributed by atoms with Crippen molar-refractivity contribution in [3.05, 3.63) is 65.7 Å². The number of hydrogen-bond donors (Lipinski definition) is 3. The second-order valence-corrected chi connectivity index (χ2v) is 12.2. The molecule has 41 heavy (non-hydrogen) atoms. The summed E-state index contributed by atoms with van der Waals surface area (Å²) in [4.78, 5) is 23.5. The highest BCUT2D eigenvalue weighted by Crippen LogP contribution is 2.40. The van der Waals surface area contributed by atoms with Crippen molar-refractivity contribution in [2.24, 2.45) is 0 Å². The Labute approximate surface area is 239 Å². The highest BCUT2D eigenvalue weighted by atomic mass is 32.3. The van der Waals surface area contributed by atoms with Crippen LogP contribution in [-0.4, -0.2) is 72.3 Å². The molecule has 0 unspecified atom stereocenters. The van der Waals surface area contributed by atoms with Crippen LogP contribution >= 0.6 is 10.6 Å². The lowest BCUT2D eigenvalue weighted by molar-refractivity contribution is -0.130. The molecule has 0 aliphatic carbocycles. The van der Waals surface area contributed by atoms with Crippen LogP contribution in [0.2, 0.25) is 0 Å². The third-order valence-electron chi connectivity index (χ3n) is 6.89. The maximum Gasteiger partial charge on any atom is 0.229 e. The molecular weight excluding hydrogens is 549 g/mol. The quantitative estimate of drug-likeness (QED) is 0.235. The van der Waals surface area contributed by atoms with Crippen molar-refractivity contribution in [1.29, 1.82) is 0 Å². The van der Waals surface area contributed by atoms with E-state index in [1.54, 1.807) is 23.2 Å². The highest BCUT2D eigenvalue weighted by molar-refractivity contribution is 8.24. The van der Waals surface area contributed by atoms with E-state index in [4.69, 9.17) is 14.5 Å². The van der Waals surface area contributed by atoms with Crippen LogP contribution in [0.4, 0.5) is 16.0 Å². The SMILES string of the molecule is CCOc1ccc(Nc2ncc3cc(C)n(-c4ccc(CC(=O)N5CCS(O)(O)CC5)c(F)c4)c3n2)cc1OCC. The first-order valence-electron chi connectivity index (χ1n) is 13.5. The van der Waals surface area contributed by atoms with Crippen LogP contribution in [0.3, 0.4) is 0 Å². The van der Waals surface area contributed by atoms with Crippen LogP contribution < -0.4 is 14.8 Å². The number of hydrogen-bond acceptors (Lipinski definition) is 8. The zero-order valence-corrected chi connectivity index (χ0v) is 24.1. The topological polar surface area (TPSA) is 122 Å². The predicted molar refractivity (Wildman–Crippen MR) is 158 cm³/mol. The second kappa shape index (κ2) is 11.9. The first-order chi connectivity index (χ1) is 19.7. The minimum Gasteiger partial charge on any atom is -0.490 e. The van der Waals surface area contributed by atoms with Crippen molar-refractivity contribution in [3.8, 4) is 17.2 Å². The van der Waals surface area contributed by atoms with Gasteiger partial charge in [0.15, 0.2) is 11.5 Å². The summed E-state index contributed by atoms with van der Waals surface area (Å²) in [7, 11) is -2.61. The second-order valence-electron chi connectivity index (χ2n) is 9.79. The van der Waals surface area contributed by atoms with E-state index in [0.29, 0.717) is 42.0 Å². The molecule has 1 amide bonds. The van der Waals surface area contributed by atoms with Gasteiger partial charge >= 0.3 is 0 Å². The van der Waals surface area contributed by atoms with Crippen molar-refractivity contribution in [2.75, 3.05) is 43.1 Å². The molecule has 3 heterocycles. The summed E-state index contributed by atoms with van der Waals surface area (Å²) in [5.41, 5.74) is 3.03. The molecule has 1 saturated heterocycles. The number of carbonyl (C=O) groups excluding carboxylic acids is 1. The molecule has 0 atom stereocenters. The van der Waals surface area contributed by atoms with Gasteiger partial charge in [0.2, 0.25) is 11.9 Å². The molecule has 2 aromatic heterocycles. The number of halogens is 1. The number of nitrogens with one attached hydrogen (secondary N) is 1. The molecule has 0 spiro atoms. The average Bonchev–Trinajstić information content (AvgIpc) is 3.26. The molecule has 2 aromatic carbocycles. The van der Waals surface area contributed by atoms with E-state index in [0.717, 1.165) is 16.8 Å². The minimum absolute atomic E-state index is 0.0984. The van der Waals surface area contributed by atoms with E-state index in [2.05, 4.69) is 10.3 Å². The largest absolute Gasteiger partial charge is 0.490 e. The number of anilines is 2. The Kier molecular flexibility index (Phi) is 8.34. The number of amides is 1. The van der Waals surface area contributed by atoms with Gasteiger partial charge in [0, 0.05) is 42.1 Å². The molecule has 1 fully saturated rings. The van der Waals surface area contributed by atoms with Crippen molar-refractivity contribution < 1.29 is 27.8 Å². The van der Waals surface area contributed by atoms with Crippen LogP contribution in [0.1, 0.15) is 25.1 Å². The Bertz CT molecular complexity index is 1570. The van der Waals surface area contributed by atoms with Gasteiger partial charge in [-0.3, -0.25) is 18.5 Å². The van der Waals surface area contributed by atoms with Gasteiger partial charge in [-0.2, -0.15) is 15.6 Å². The molecule has 5 rings (SSSR count). The van der Waals surface area contributed by atoms with Gasteiger partial charge in [-0.1, -0.05) is 6.07 Å². The van der Waals surface area contributed by atoms with Crippen molar-refractivity contribution in [1.82, 2.24) is 19.4 Å². The van der Waals surface area contributed by atoms with Crippen LogP contribution in [0, 0.1) is 12.7 Å². The van der Waals surface area contributed by atoms with E-state index >= 15 is 4.39 Å². The summed E-state index contributed by atoms with van der Waals surface area (Å²) < 4.78 is 48.0. The smallest absolute Gasteiger partial charge is 0.229 e. The Morgan fingerprint density at radius 1 is 1.05 bits per heavy atom. The molecule has 0 bridgehead atoms. The van der Waals surface area contributed by atoms with Gasteiger partial charge in [0.1, 0.15) is 11.5 Å². The Hall–Kier alpha value is -3.87. The lowest BCUT2D eigenvalue weighted by Gasteiger charge is -2.41. The molecule has 0 saturated carbocycles. The number of fused-ring (bicyclic) bond motifs is 1. The molecule has 1 aliphatic rings. The normalized spacial score (nSPS) is 15.5. The predicted octanol–water partition coefficient (Wildman–Crippen LogP) is 5.54. The third-order valence-corrected chi connectivity index (χ3v) is 8.56. The molecule has 10 nitrogen and oxygen atoms in total. The van der Waals surface area contributed by atoms with Gasteiger partial charge in [-0.25, -0.2) is 9.37 Å². The van der Waals surface area contributed by atoms with Gasteiger partial charge in [0.05, 0.1) is 36.8 Å². The van der Waals surface area contributed by atoms with Crippen molar-refractivity contribution >= 4 is 39.2 Å². The Morgan fingerprint density at radius 3 is 2.49 bits per heavy atom. The first kappa shape index (κ1) is 28.7. The Morgan fingerprint density at radius 2 is 1.78 bits per heavy atom. The fourth-order valence-corrected chi connectivity index (χ4v) is 6.06. The third kappa shape index (κ3) is 6.39. The Balaban J connectivity index is 1.37. The zero-order valence-electron chi connectivity index (χ0n) is 23.3. The number of nitrogens with zero attached hydrogens (tertiary/aromatic N) is 4. The molecule has 3 N–H and O–H groups in total. The maximum atomic E-state index is 15.3. The van der Waals surface area contributed by atoms with E-state index in [1.165, 1.54) is 6.07 Å². The summed E-state index contributed by atoms with van der Waals surface area (Å²) >= 11 is 0. The van der Waals surface area contributed by atoms with Crippen molar-refractivity contribution in [2.45, 2.75) is 27.2 Å². The molecule has 0 radical (unpaired) electrons. The van der Waals surface area contributed by atoms with Crippen LogP contribution in [0.5, 0.6) is 11.5 Å². The fourth-order valence-electron chi connectivity index (χ4n) is 4.83. The number of carbonyl (C=O) groups is 1. The lowest BCUT2D eigenvalue weighted by atomic mass is 10.1.